The molecule has 0 aromatic rings. The van der Waals surface area contributed by atoms with E-state index in [0.29, 0.717) is 0 Å². The summed E-state index contributed by atoms with van der Waals surface area (Å²) in [6.07, 6.45) is 6.59. The highest BCUT2D eigenvalue weighted by atomic mass is 32.2. The van der Waals surface area contributed by atoms with Crippen molar-refractivity contribution in [3.63, 3.8) is 0 Å². The molecule has 3 heterocycles. The van der Waals surface area contributed by atoms with E-state index in [4.69, 9.17) is 9.47 Å². The van der Waals surface area contributed by atoms with Gasteiger partial charge in [0.1, 0.15) is 11.4 Å². The molecule has 3 aliphatic heterocycles. The molecule has 30 heavy (non-hydrogen) atoms. The van der Waals surface area contributed by atoms with Crippen molar-refractivity contribution in [3.05, 3.63) is 0 Å². The van der Waals surface area contributed by atoms with Crippen LogP contribution in [-0.4, -0.2) is 76.1 Å². The maximum Gasteiger partial charge on any atom is 0.333 e. The Kier molecular flexibility index (Phi) is 6.69. The molecule has 9 heteroatoms. The Balaban J connectivity index is 1.58. The van der Waals surface area contributed by atoms with Crippen LogP contribution in [0.3, 0.4) is 0 Å². The number of amides is 1. The summed E-state index contributed by atoms with van der Waals surface area (Å²) in [4.78, 5) is 45.7. The summed E-state index contributed by atoms with van der Waals surface area (Å²) < 4.78 is 9.71. The standard InChI is InChI=1S/C21H33N3O5S/c1-20(2,3)19(27)29-13-28-18(26)15-21(4,5)30-17-14(16(25)24(15)17)22-12-23-10-8-6-7-9-11-23/h12,14-15,17H,6-11,13H2,1-5H3/t14?,15?,17-/m1/s1. The van der Waals surface area contributed by atoms with Crippen LogP contribution in [0.15, 0.2) is 4.99 Å². The van der Waals surface area contributed by atoms with E-state index in [9.17, 15) is 14.4 Å². The van der Waals surface area contributed by atoms with Crippen molar-refractivity contribution in [2.24, 2.45) is 10.4 Å². The third-order valence-corrected chi connectivity index (χ3v) is 7.23. The van der Waals surface area contributed by atoms with Gasteiger partial charge in [0.25, 0.3) is 5.91 Å². The predicted octanol–water partition coefficient (Wildman–Crippen LogP) is 2.41. The fourth-order valence-electron chi connectivity index (χ4n) is 3.92. The Morgan fingerprint density at radius 2 is 1.80 bits per heavy atom. The molecule has 1 amide bonds. The van der Waals surface area contributed by atoms with Crippen molar-refractivity contribution >= 4 is 35.9 Å². The molecule has 3 atom stereocenters. The largest absolute Gasteiger partial charge is 0.427 e. The van der Waals surface area contributed by atoms with Gasteiger partial charge in [0, 0.05) is 17.8 Å². The van der Waals surface area contributed by atoms with Gasteiger partial charge in [-0.2, -0.15) is 0 Å². The molecule has 0 aromatic heterocycles. The second-order valence-electron chi connectivity index (χ2n) is 9.68. The molecule has 0 spiro atoms. The fourth-order valence-corrected chi connectivity index (χ4v) is 5.54. The summed E-state index contributed by atoms with van der Waals surface area (Å²) in [6.45, 7) is 10.5. The average Bonchev–Trinajstić information content (AvgIpc) is 2.80. The third-order valence-electron chi connectivity index (χ3n) is 5.67. The third kappa shape index (κ3) is 4.76. The predicted molar refractivity (Wildman–Crippen MR) is 115 cm³/mol. The molecule has 3 saturated heterocycles. The van der Waals surface area contributed by atoms with Gasteiger partial charge in [-0.25, -0.2) is 4.79 Å². The summed E-state index contributed by atoms with van der Waals surface area (Å²) >= 11 is 1.56. The van der Waals surface area contributed by atoms with Crippen LogP contribution in [0.5, 0.6) is 0 Å². The van der Waals surface area contributed by atoms with Crippen LogP contribution in [0, 0.1) is 5.41 Å². The molecule has 0 radical (unpaired) electrons. The number of carbonyl (C=O) groups is 3. The van der Waals surface area contributed by atoms with Gasteiger partial charge >= 0.3 is 11.9 Å². The second kappa shape index (κ2) is 8.77. The molecule has 0 aliphatic carbocycles. The summed E-state index contributed by atoms with van der Waals surface area (Å²) in [5.41, 5.74) is -0.675. The number of β-lactam (4-membered cyclic amide) rings is 1. The lowest BCUT2D eigenvalue weighted by atomic mass is 9.96. The molecular weight excluding hydrogens is 406 g/mol. The maximum absolute atomic E-state index is 12.8. The minimum atomic E-state index is -0.724. The number of carbonyl (C=O) groups excluding carboxylic acids is 3. The van der Waals surface area contributed by atoms with Crippen LogP contribution in [0.25, 0.3) is 0 Å². The first-order valence-corrected chi connectivity index (χ1v) is 11.5. The lowest BCUT2D eigenvalue weighted by Gasteiger charge is -2.41. The van der Waals surface area contributed by atoms with E-state index in [1.54, 1.807) is 37.4 Å². The number of thioether (sulfide) groups is 1. The fraction of sp³-hybridized carbons (Fsp3) is 0.810. The van der Waals surface area contributed by atoms with Crippen molar-refractivity contribution in [2.75, 3.05) is 19.9 Å². The average molecular weight is 440 g/mol. The Morgan fingerprint density at radius 3 is 2.40 bits per heavy atom. The summed E-state index contributed by atoms with van der Waals surface area (Å²) in [7, 11) is 0. The molecule has 8 nitrogen and oxygen atoms in total. The van der Waals surface area contributed by atoms with E-state index >= 15 is 0 Å². The lowest BCUT2D eigenvalue weighted by Crippen LogP contribution is -2.65. The van der Waals surface area contributed by atoms with Crippen LogP contribution in [0.4, 0.5) is 0 Å². The van der Waals surface area contributed by atoms with Crippen LogP contribution >= 0.6 is 11.8 Å². The van der Waals surface area contributed by atoms with E-state index in [-0.39, 0.29) is 11.3 Å². The summed E-state index contributed by atoms with van der Waals surface area (Å²) in [5.74, 6) is -1.16. The molecule has 0 N–H and O–H groups in total. The Hall–Kier alpha value is -1.77. The molecule has 0 bridgehead atoms. The molecule has 3 rings (SSSR count). The zero-order valence-electron chi connectivity index (χ0n) is 18.6. The minimum absolute atomic E-state index is 0.155. The molecule has 3 aliphatic rings. The van der Waals surface area contributed by atoms with Crippen molar-refractivity contribution in [3.8, 4) is 0 Å². The van der Waals surface area contributed by atoms with Crippen molar-refractivity contribution < 1.29 is 23.9 Å². The first-order valence-electron chi connectivity index (χ1n) is 10.6. The van der Waals surface area contributed by atoms with E-state index < -0.39 is 41.0 Å². The first-order chi connectivity index (χ1) is 14.0. The Bertz CT molecular complexity index is 710. The van der Waals surface area contributed by atoms with Crippen molar-refractivity contribution in [2.45, 2.75) is 82.5 Å². The zero-order chi connectivity index (χ0) is 22.1. The lowest BCUT2D eigenvalue weighted by molar-refractivity contribution is -0.179. The second-order valence-corrected chi connectivity index (χ2v) is 11.5. The number of fused-ring (bicyclic) bond motifs is 1. The van der Waals surface area contributed by atoms with Crippen LogP contribution in [0.2, 0.25) is 0 Å². The van der Waals surface area contributed by atoms with Gasteiger partial charge in [-0.15, -0.1) is 11.8 Å². The van der Waals surface area contributed by atoms with E-state index in [2.05, 4.69) is 9.89 Å². The van der Waals surface area contributed by atoms with E-state index in [0.717, 1.165) is 25.9 Å². The number of hydrogen-bond acceptors (Lipinski definition) is 7. The highest BCUT2D eigenvalue weighted by molar-refractivity contribution is 8.01. The van der Waals surface area contributed by atoms with Crippen molar-refractivity contribution in [1.82, 2.24) is 9.80 Å². The van der Waals surface area contributed by atoms with Gasteiger partial charge in [0.05, 0.1) is 11.8 Å². The maximum atomic E-state index is 12.8. The van der Waals surface area contributed by atoms with Gasteiger partial charge in [-0.3, -0.25) is 14.6 Å². The highest BCUT2D eigenvalue weighted by Crippen LogP contribution is 2.51. The molecule has 168 valence electrons. The molecular formula is C21H33N3O5S. The van der Waals surface area contributed by atoms with Crippen LogP contribution in [0.1, 0.15) is 60.3 Å². The Labute approximate surface area is 182 Å². The SMILES string of the molecule is CC(C)(C)C(=O)OCOC(=O)C1N2C(=O)C(N=CN3CCCCCC3)[C@H]2SC1(C)C. The van der Waals surface area contributed by atoms with Crippen LogP contribution in [-0.2, 0) is 23.9 Å². The molecule has 0 aromatic carbocycles. The Morgan fingerprint density at radius 1 is 1.17 bits per heavy atom. The number of aliphatic imine (C=N–C) groups is 1. The van der Waals surface area contributed by atoms with E-state index in [1.165, 1.54) is 12.8 Å². The monoisotopic (exact) mass is 439 g/mol. The number of ether oxygens (including phenoxy) is 2. The number of likely N-dealkylation sites (tertiary alicyclic amines) is 1. The van der Waals surface area contributed by atoms with Gasteiger partial charge in [-0.05, 0) is 47.5 Å². The molecule has 3 fully saturated rings. The van der Waals surface area contributed by atoms with Crippen molar-refractivity contribution in [1.29, 1.82) is 0 Å². The van der Waals surface area contributed by atoms with Gasteiger partial charge in [0.15, 0.2) is 6.04 Å². The van der Waals surface area contributed by atoms with Gasteiger partial charge in [0.2, 0.25) is 6.79 Å². The van der Waals surface area contributed by atoms with Gasteiger partial charge in [-0.1, -0.05) is 12.8 Å². The normalized spacial score (nSPS) is 28.7. The number of rotatable bonds is 5. The van der Waals surface area contributed by atoms with Gasteiger partial charge < -0.3 is 19.3 Å². The summed E-state index contributed by atoms with van der Waals surface area (Å²) in [6, 6.07) is -1.19. The molecule has 0 saturated carbocycles. The smallest absolute Gasteiger partial charge is 0.333 e. The number of nitrogens with zero attached hydrogens (tertiary/aromatic N) is 3. The van der Waals surface area contributed by atoms with E-state index in [1.807, 2.05) is 20.2 Å². The zero-order valence-corrected chi connectivity index (χ0v) is 19.4. The number of hydrogen-bond donors (Lipinski definition) is 0. The topological polar surface area (TPSA) is 88.5 Å². The summed E-state index contributed by atoms with van der Waals surface area (Å²) in [5, 5.41) is -0.176. The quantitative estimate of drug-likeness (QED) is 0.214. The molecule has 2 unspecified atom stereocenters. The number of esters is 2. The first kappa shape index (κ1) is 22.9. The highest BCUT2D eigenvalue weighted by Gasteiger charge is 2.64. The minimum Gasteiger partial charge on any atom is -0.427 e. The van der Waals surface area contributed by atoms with Crippen LogP contribution < -0.4 is 0 Å².